The van der Waals surface area contributed by atoms with Gasteiger partial charge in [0.15, 0.2) is 6.10 Å². The molecule has 2 saturated heterocycles. The first-order valence-corrected chi connectivity index (χ1v) is 16.7. The average molecular weight is 637 g/mol. The van der Waals surface area contributed by atoms with Crippen molar-refractivity contribution in [3.05, 3.63) is 58.9 Å². The van der Waals surface area contributed by atoms with Gasteiger partial charge in [0, 0.05) is 49.8 Å². The normalized spacial score (nSPS) is 20.5. The van der Waals surface area contributed by atoms with Gasteiger partial charge in [-0.05, 0) is 66.6 Å². The highest BCUT2D eigenvalue weighted by atomic mass is 19.1. The fourth-order valence-electron chi connectivity index (χ4n) is 6.73. The Hall–Kier alpha value is -3.99. The smallest absolute Gasteiger partial charge is 0.254 e. The summed E-state index contributed by atoms with van der Waals surface area (Å²) in [5.74, 6) is -0.796. The lowest BCUT2D eigenvalue weighted by Gasteiger charge is -2.41. The van der Waals surface area contributed by atoms with Crippen LogP contribution in [-0.4, -0.2) is 84.8 Å². The zero-order valence-electron chi connectivity index (χ0n) is 27.1. The van der Waals surface area contributed by atoms with Gasteiger partial charge in [-0.25, -0.2) is 4.39 Å². The van der Waals surface area contributed by atoms with Crippen molar-refractivity contribution < 1.29 is 33.6 Å². The van der Waals surface area contributed by atoms with Gasteiger partial charge >= 0.3 is 0 Å². The maximum atomic E-state index is 14.4. The molecule has 1 unspecified atom stereocenters. The van der Waals surface area contributed by atoms with E-state index in [4.69, 9.17) is 4.74 Å². The van der Waals surface area contributed by atoms with Crippen LogP contribution in [0.3, 0.4) is 0 Å². The molecule has 0 spiro atoms. The highest BCUT2D eigenvalue weighted by Crippen LogP contribution is 2.39. The number of carbonyl (C=O) groups excluding carboxylic acids is 4. The summed E-state index contributed by atoms with van der Waals surface area (Å²) in [5.41, 5.74) is 1.78. The number of amides is 4. The second kappa shape index (κ2) is 15.1. The van der Waals surface area contributed by atoms with Crippen LogP contribution < -0.4 is 20.7 Å². The Morgan fingerprint density at radius 2 is 1.76 bits per heavy atom. The number of quaternary nitrogens is 1. The topological polar surface area (TPSA) is 125 Å². The van der Waals surface area contributed by atoms with E-state index in [9.17, 15) is 23.6 Å². The molecule has 4 N–H and O–H groups in total. The molecule has 11 heteroatoms. The summed E-state index contributed by atoms with van der Waals surface area (Å²) in [4.78, 5) is 55.9. The number of rotatable bonds is 9. The molecule has 248 valence electrons. The van der Waals surface area contributed by atoms with Gasteiger partial charge in [0.2, 0.25) is 11.8 Å². The van der Waals surface area contributed by atoms with Gasteiger partial charge in [-0.1, -0.05) is 33.1 Å². The van der Waals surface area contributed by atoms with E-state index in [-0.39, 0.29) is 60.6 Å². The molecule has 0 bridgehead atoms. The molecule has 10 nitrogen and oxygen atoms in total. The van der Waals surface area contributed by atoms with Crippen molar-refractivity contribution in [3.63, 3.8) is 0 Å². The maximum absolute atomic E-state index is 14.4. The molecule has 46 heavy (non-hydrogen) atoms. The zero-order chi connectivity index (χ0) is 32.8. The first-order chi connectivity index (χ1) is 22.1. The largest absolute Gasteiger partial charge is 0.484 e. The molecule has 2 atom stereocenters. The van der Waals surface area contributed by atoms with Crippen molar-refractivity contribution in [2.75, 3.05) is 44.6 Å². The van der Waals surface area contributed by atoms with Crippen LogP contribution in [0.5, 0.6) is 5.75 Å². The van der Waals surface area contributed by atoms with E-state index in [1.807, 2.05) is 26.0 Å². The number of halogens is 1. The number of hydrogen-bond acceptors (Lipinski definition) is 5. The van der Waals surface area contributed by atoms with Crippen LogP contribution in [0.1, 0.15) is 91.5 Å². The van der Waals surface area contributed by atoms with E-state index in [0.29, 0.717) is 18.0 Å². The van der Waals surface area contributed by atoms with Crippen molar-refractivity contribution in [1.82, 2.24) is 15.1 Å². The summed E-state index contributed by atoms with van der Waals surface area (Å²) in [5, 5.41) is 7.71. The summed E-state index contributed by atoms with van der Waals surface area (Å²) >= 11 is 0. The third-order valence-electron chi connectivity index (χ3n) is 9.10. The third kappa shape index (κ3) is 8.23. The van der Waals surface area contributed by atoms with Crippen molar-refractivity contribution in [1.29, 1.82) is 0 Å². The highest BCUT2D eigenvalue weighted by molar-refractivity contribution is 6.00. The Bertz CT molecular complexity index is 1440. The number of carbonyl (C=O) groups is 4. The van der Waals surface area contributed by atoms with Crippen LogP contribution >= 0.6 is 0 Å². The number of benzene rings is 2. The Morgan fingerprint density at radius 3 is 2.46 bits per heavy atom. The molecule has 2 heterocycles. The summed E-state index contributed by atoms with van der Waals surface area (Å²) in [6.45, 7) is 7.91. The maximum Gasteiger partial charge on any atom is 0.254 e. The van der Waals surface area contributed by atoms with E-state index in [2.05, 4.69) is 16.0 Å². The number of nitrogens with zero attached hydrogens (tertiary/aromatic N) is 2. The lowest BCUT2D eigenvalue weighted by Crippen LogP contribution is -2.81. The molecule has 4 amide bonds. The summed E-state index contributed by atoms with van der Waals surface area (Å²) < 4.78 is 20.9. The van der Waals surface area contributed by atoms with Gasteiger partial charge in [0.05, 0.1) is 13.1 Å². The molecule has 0 radical (unpaired) electrons. The van der Waals surface area contributed by atoms with Crippen LogP contribution in [0.25, 0.3) is 0 Å². The van der Waals surface area contributed by atoms with Crippen LogP contribution in [0, 0.1) is 11.7 Å². The number of hydrogen-bond donors (Lipinski definition) is 3. The van der Waals surface area contributed by atoms with Gasteiger partial charge < -0.3 is 30.5 Å². The highest BCUT2D eigenvalue weighted by Gasteiger charge is 2.38. The monoisotopic (exact) mass is 636 g/mol. The predicted molar refractivity (Wildman–Crippen MR) is 172 cm³/mol. The predicted octanol–water partition coefficient (Wildman–Crippen LogP) is 3.29. The molecule has 3 aliphatic rings. The van der Waals surface area contributed by atoms with Crippen LogP contribution in [0.15, 0.2) is 36.4 Å². The Morgan fingerprint density at radius 1 is 0.978 bits per heavy atom. The van der Waals surface area contributed by atoms with Gasteiger partial charge in [0.1, 0.15) is 24.2 Å². The van der Waals surface area contributed by atoms with Crippen molar-refractivity contribution >= 4 is 29.3 Å². The van der Waals surface area contributed by atoms with E-state index < -0.39 is 17.8 Å². The summed E-state index contributed by atoms with van der Waals surface area (Å²) in [7, 11) is 0. The summed E-state index contributed by atoms with van der Waals surface area (Å²) in [6.07, 6.45) is 6.74. The lowest BCUT2D eigenvalue weighted by molar-refractivity contribution is -0.638. The van der Waals surface area contributed by atoms with Gasteiger partial charge in [0.25, 0.3) is 11.8 Å². The Labute approximate surface area is 270 Å². The van der Waals surface area contributed by atoms with Gasteiger partial charge in [-0.2, -0.15) is 0 Å². The minimum Gasteiger partial charge on any atom is -0.484 e. The quantitative estimate of drug-likeness (QED) is 0.390. The second-order valence-corrected chi connectivity index (χ2v) is 13.2. The molecule has 5 rings (SSSR count). The molecule has 2 aliphatic heterocycles. The van der Waals surface area contributed by atoms with E-state index in [1.54, 1.807) is 11.0 Å². The first-order valence-electron chi connectivity index (χ1n) is 16.7. The van der Waals surface area contributed by atoms with Crippen LogP contribution in [0.2, 0.25) is 0 Å². The molecule has 2 aromatic rings. The van der Waals surface area contributed by atoms with Crippen molar-refractivity contribution in [3.8, 4) is 5.75 Å². The number of piperazine rings is 1. The zero-order valence-corrected chi connectivity index (χ0v) is 27.1. The van der Waals surface area contributed by atoms with Gasteiger partial charge in [-0.3, -0.25) is 19.2 Å². The lowest BCUT2D eigenvalue weighted by atomic mass is 9.83. The summed E-state index contributed by atoms with van der Waals surface area (Å²) in [6, 6.07) is 8.40. The standard InChI is InChI=1S/C35H46FN5O5/c1-22(2)19-38-33(43)31-21-40(34(44)26-15-27(36)18-28(16-26)39-23(3)42)13-14-41(31)35(45)25-9-10-32(46-29-11-12-37-20-29)30(17-25)24-7-5-4-6-8-24/h9-10,15-18,22,24,29,31,37H,4-8,11-14,19-21H2,1-3H3,(H,38,43)(H,39,42)/p+1/t29-,31?/m0/s1. The molecule has 2 aromatic carbocycles. The molecular formula is C35H47FN5O5+. The Balaban J connectivity index is 1.40. The number of ether oxygens (including phenoxy) is 1. The number of nitrogens with one attached hydrogen (secondary N) is 2. The SMILES string of the molecule is CC(=O)Nc1cc(F)cc(C(=O)N2CCN(C(=O)c3ccc(O[C@H]4CC[NH2+]C4)c(C4CCCCC4)c3)C(C(=O)NCC(C)C)C2)c1. The minimum absolute atomic E-state index is 0.0463. The van der Waals surface area contributed by atoms with Crippen LogP contribution in [-0.2, 0) is 9.59 Å². The van der Waals surface area contributed by atoms with Crippen molar-refractivity contribution in [2.45, 2.75) is 77.4 Å². The first kappa shape index (κ1) is 33.4. The molecule has 3 fully saturated rings. The third-order valence-corrected chi connectivity index (χ3v) is 9.10. The molecule has 1 saturated carbocycles. The molecule has 1 aliphatic carbocycles. The molecule has 0 aromatic heterocycles. The van der Waals surface area contributed by atoms with E-state index in [0.717, 1.165) is 68.6 Å². The average Bonchev–Trinajstić information content (AvgIpc) is 3.56. The van der Waals surface area contributed by atoms with E-state index >= 15 is 0 Å². The second-order valence-electron chi connectivity index (χ2n) is 13.2. The Kier molecular flexibility index (Phi) is 10.9. The molecular weight excluding hydrogens is 589 g/mol. The fourth-order valence-corrected chi connectivity index (χ4v) is 6.73. The minimum atomic E-state index is -0.935. The van der Waals surface area contributed by atoms with Gasteiger partial charge in [-0.15, -0.1) is 0 Å². The number of anilines is 1. The van der Waals surface area contributed by atoms with Crippen LogP contribution in [0.4, 0.5) is 10.1 Å². The number of nitrogens with two attached hydrogens (primary N) is 1. The van der Waals surface area contributed by atoms with Crippen molar-refractivity contribution in [2.24, 2.45) is 5.92 Å². The van der Waals surface area contributed by atoms with E-state index in [1.165, 1.54) is 24.3 Å². The fraction of sp³-hybridized carbons (Fsp3) is 0.543.